The van der Waals surface area contributed by atoms with Crippen LogP contribution in [0.5, 0.6) is 0 Å². The molecular formula is C15H16N4O2. The van der Waals surface area contributed by atoms with Crippen LogP contribution in [0.25, 0.3) is 12.2 Å². The molecule has 0 N–H and O–H groups in total. The molecule has 0 saturated carbocycles. The normalized spacial score (nSPS) is 19.2. The summed E-state index contributed by atoms with van der Waals surface area (Å²) in [6.45, 7) is 0.504. The van der Waals surface area contributed by atoms with E-state index in [1.165, 1.54) is 0 Å². The van der Waals surface area contributed by atoms with Crippen molar-refractivity contribution in [1.29, 1.82) is 0 Å². The van der Waals surface area contributed by atoms with E-state index in [4.69, 9.17) is 4.74 Å². The van der Waals surface area contributed by atoms with E-state index in [1.807, 2.05) is 32.6 Å². The smallest absolute Gasteiger partial charge is 0.223 e. The molecule has 3 heterocycles. The fraction of sp³-hybridized carbons (Fsp3) is 0.267. The number of allylic oxidation sites excluding steroid dienone is 1. The highest BCUT2D eigenvalue weighted by Crippen LogP contribution is 2.22. The average Bonchev–Trinajstić information content (AvgIpc) is 3.03. The number of aromatic nitrogens is 4. The summed E-state index contributed by atoms with van der Waals surface area (Å²) < 4.78 is 8.89. The standard InChI is InChI=1S/C15H16N4O2/c1-18-9-11(7-16-18)5-13-3-4-21-14(15(13)20)6-12-8-17-19(2)10-12/h5-10H,3-4H2,1-2H3. The summed E-state index contributed by atoms with van der Waals surface area (Å²) in [5, 5.41) is 8.18. The van der Waals surface area contributed by atoms with Crippen molar-refractivity contribution in [3.05, 3.63) is 47.2 Å². The lowest BCUT2D eigenvalue weighted by Gasteiger charge is -2.17. The fourth-order valence-corrected chi connectivity index (χ4v) is 2.24. The Morgan fingerprint density at radius 2 is 1.71 bits per heavy atom. The van der Waals surface area contributed by atoms with Gasteiger partial charge in [-0.3, -0.25) is 14.2 Å². The summed E-state index contributed by atoms with van der Waals surface area (Å²) in [6, 6.07) is 0. The van der Waals surface area contributed by atoms with Crippen molar-refractivity contribution in [2.45, 2.75) is 6.42 Å². The molecule has 6 heteroatoms. The molecule has 1 fully saturated rings. The van der Waals surface area contributed by atoms with Crippen LogP contribution in [-0.2, 0) is 23.6 Å². The molecule has 1 aliphatic rings. The highest BCUT2D eigenvalue weighted by atomic mass is 16.5. The second-order valence-electron chi connectivity index (χ2n) is 5.00. The van der Waals surface area contributed by atoms with Crippen LogP contribution in [0.2, 0.25) is 0 Å². The molecule has 0 atom stereocenters. The molecule has 108 valence electrons. The van der Waals surface area contributed by atoms with Crippen molar-refractivity contribution >= 4 is 17.9 Å². The number of ether oxygens (including phenoxy) is 1. The predicted octanol–water partition coefficient (Wildman–Crippen LogP) is 1.57. The van der Waals surface area contributed by atoms with Gasteiger partial charge in [0.05, 0.1) is 19.0 Å². The average molecular weight is 284 g/mol. The second kappa shape index (κ2) is 5.40. The van der Waals surface area contributed by atoms with Crippen LogP contribution < -0.4 is 0 Å². The van der Waals surface area contributed by atoms with Gasteiger partial charge in [0.25, 0.3) is 0 Å². The van der Waals surface area contributed by atoms with Gasteiger partial charge < -0.3 is 4.74 Å². The topological polar surface area (TPSA) is 61.9 Å². The first-order valence-corrected chi connectivity index (χ1v) is 6.69. The lowest BCUT2D eigenvalue weighted by atomic mass is 10.0. The van der Waals surface area contributed by atoms with E-state index in [9.17, 15) is 4.79 Å². The highest BCUT2D eigenvalue weighted by Gasteiger charge is 2.22. The summed E-state index contributed by atoms with van der Waals surface area (Å²) in [5.41, 5.74) is 2.51. The lowest BCUT2D eigenvalue weighted by molar-refractivity contribution is -0.116. The lowest BCUT2D eigenvalue weighted by Crippen LogP contribution is -2.17. The largest absolute Gasteiger partial charge is 0.489 e. The molecule has 0 amide bonds. The molecule has 0 unspecified atom stereocenters. The first-order chi connectivity index (χ1) is 10.1. The molecule has 2 aromatic rings. The van der Waals surface area contributed by atoms with E-state index in [-0.39, 0.29) is 5.78 Å². The molecule has 1 saturated heterocycles. The number of Topliss-reactive ketones (excluding diaryl/α,β-unsaturated/α-hetero) is 1. The number of nitrogens with zero attached hydrogens (tertiary/aromatic N) is 4. The summed E-state index contributed by atoms with van der Waals surface area (Å²) in [5.74, 6) is 0.290. The summed E-state index contributed by atoms with van der Waals surface area (Å²) in [6.07, 6.45) is 11.4. The van der Waals surface area contributed by atoms with Crippen molar-refractivity contribution in [3.63, 3.8) is 0 Å². The number of hydrogen-bond acceptors (Lipinski definition) is 4. The Morgan fingerprint density at radius 3 is 2.29 bits per heavy atom. The predicted molar refractivity (Wildman–Crippen MR) is 77.9 cm³/mol. The first kappa shape index (κ1) is 13.4. The number of rotatable bonds is 2. The minimum absolute atomic E-state index is 0.0750. The highest BCUT2D eigenvalue weighted by molar-refractivity contribution is 6.12. The third-order valence-corrected chi connectivity index (χ3v) is 3.23. The van der Waals surface area contributed by atoms with E-state index in [0.717, 1.165) is 16.7 Å². The Labute approximate surface area is 122 Å². The van der Waals surface area contributed by atoms with Gasteiger partial charge in [0.1, 0.15) is 0 Å². The van der Waals surface area contributed by atoms with Crippen molar-refractivity contribution in [3.8, 4) is 0 Å². The van der Waals surface area contributed by atoms with E-state index in [1.54, 1.807) is 27.8 Å². The van der Waals surface area contributed by atoms with E-state index < -0.39 is 0 Å². The van der Waals surface area contributed by atoms with Crippen LogP contribution in [0.3, 0.4) is 0 Å². The van der Waals surface area contributed by atoms with Crippen LogP contribution in [0.1, 0.15) is 17.5 Å². The molecule has 0 radical (unpaired) electrons. The van der Waals surface area contributed by atoms with Gasteiger partial charge in [-0.25, -0.2) is 0 Å². The van der Waals surface area contributed by atoms with Gasteiger partial charge in [-0.2, -0.15) is 10.2 Å². The van der Waals surface area contributed by atoms with E-state index in [0.29, 0.717) is 18.8 Å². The van der Waals surface area contributed by atoms with Gasteiger partial charge in [0.15, 0.2) is 5.76 Å². The molecule has 3 rings (SSSR count). The molecule has 0 bridgehead atoms. The molecule has 0 aromatic carbocycles. The summed E-state index contributed by atoms with van der Waals surface area (Å²) in [7, 11) is 3.68. The van der Waals surface area contributed by atoms with Gasteiger partial charge in [-0.05, 0) is 12.2 Å². The zero-order valence-electron chi connectivity index (χ0n) is 12.0. The number of ketones is 1. The minimum Gasteiger partial charge on any atom is -0.489 e. The Bertz CT molecular complexity index is 676. The van der Waals surface area contributed by atoms with E-state index >= 15 is 0 Å². The number of aryl methyl sites for hydroxylation is 2. The Balaban J connectivity index is 1.87. The van der Waals surface area contributed by atoms with Gasteiger partial charge in [0.2, 0.25) is 5.78 Å². The molecule has 2 aromatic heterocycles. The Hall–Kier alpha value is -2.63. The van der Waals surface area contributed by atoms with Gasteiger partial charge in [-0.1, -0.05) is 0 Å². The quantitative estimate of drug-likeness (QED) is 0.785. The minimum atomic E-state index is -0.0750. The molecule has 0 spiro atoms. The zero-order chi connectivity index (χ0) is 14.8. The van der Waals surface area contributed by atoms with Gasteiger partial charge in [-0.15, -0.1) is 0 Å². The molecule has 1 aliphatic heterocycles. The van der Waals surface area contributed by atoms with Gasteiger partial charge in [0, 0.05) is 49.6 Å². The number of carbonyl (C=O) groups excluding carboxylic acids is 1. The Morgan fingerprint density at radius 1 is 1.10 bits per heavy atom. The number of carbonyl (C=O) groups is 1. The van der Waals surface area contributed by atoms with Crippen molar-refractivity contribution in [1.82, 2.24) is 19.6 Å². The first-order valence-electron chi connectivity index (χ1n) is 6.69. The van der Waals surface area contributed by atoms with Crippen molar-refractivity contribution in [2.24, 2.45) is 14.1 Å². The molecule has 0 aliphatic carbocycles. The number of hydrogen-bond donors (Lipinski definition) is 0. The SMILES string of the molecule is Cn1cc(C=C2CCOC(=Cc3cnn(C)c3)C2=O)cn1. The second-order valence-corrected chi connectivity index (χ2v) is 5.00. The van der Waals surface area contributed by atoms with Crippen LogP contribution in [0, 0.1) is 0 Å². The van der Waals surface area contributed by atoms with Crippen LogP contribution >= 0.6 is 0 Å². The van der Waals surface area contributed by atoms with Crippen LogP contribution in [-0.4, -0.2) is 32.0 Å². The fourth-order valence-electron chi connectivity index (χ4n) is 2.24. The van der Waals surface area contributed by atoms with Crippen LogP contribution in [0.15, 0.2) is 36.1 Å². The zero-order valence-corrected chi connectivity index (χ0v) is 12.0. The maximum Gasteiger partial charge on any atom is 0.223 e. The third-order valence-electron chi connectivity index (χ3n) is 3.23. The summed E-state index contributed by atoms with van der Waals surface area (Å²) in [4.78, 5) is 12.4. The summed E-state index contributed by atoms with van der Waals surface area (Å²) >= 11 is 0. The van der Waals surface area contributed by atoms with Crippen molar-refractivity contribution in [2.75, 3.05) is 6.61 Å². The molecule has 6 nitrogen and oxygen atoms in total. The maximum atomic E-state index is 12.4. The van der Waals surface area contributed by atoms with E-state index in [2.05, 4.69) is 10.2 Å². The monoisotopic (exact) mass is 284 g/mol. The van der Waals surface area contributed by atoms with Gasteiger partial charge >= 0.3 is 0 Å². The van der Waals surface area contributed by atoms with Crippen LogP contribution in [0.4, 0.5) is 0 Å². The Kier molecular flexibility index (Phi) is 3.43. The molecular weight excluding hydrogens is 268 g/mol. The maximum absolute atomic E-state index is 12.4. The van der Waals surface area contributed by atoms with Crippen molar-refractivity contribution < 1.29 is 9.53 Å². The third kappa shape index (κ3) is 2.94. The molecule has 21 heavy (non-hydrogen) atoms.